The molecule has 3 heteroatoms. The van der Waals surface area contributed by atoms with Gasteiger partial charge in [0.25, 0.3) is 0 Å². The van der Waals surface area contributed by atoms with Crippen LogP contribution >= 0.6 is 0 Å². The van der Waals surface area contributed by atoms with Crippen LogP contribution in [-0.4, -0.2) is 17.7 Å². The number of nitrogens with zero attached hydrogens (tertiary/aromatic N) is 1. The summed E-state index contributed by atoms with van der Waals surface area (Å²) in [4.78, 5) is 2.24. The fourth-order valence-electron chi connectivity index (χ4n) is 2.77. The molecule has 94 valence electrons. The summed E-state index contributed by atoms with van der Waals surface area (Å²) in [6, 6.07) is 5.54. The first-order chi connectivity index (χ1) is 8.15. The summed E-state index contributed by atoms with van der Waals surface area (Å²) in [6.45, 7) is 4.74. The molecule has 1 aliphatic rings. The first-order valence-electron chi connectivity index (χ1n) is 6.38. The monoisotopic (exact) mass is 237 g/mol. The zero-order chi connectivity index (χ0) is 12.4. The van der Waals surface area contributed by atoms with Gasteiger partial charge in [0.15, 0.2) is 0 Å². The Hall–Kier alpha value is -1.09. The lowest BCUT2D eigenvalue weighted by Crippen LogP contribution is -2.29. The second-order valence-electron chi connectivity index (χ2n) is 4.75. The highest BCUT2D eigenvalue weighted by Crippen LogP contribution is 2.34. The van der Waals surface area contributed by atoms with Crippen LogP contribution in [0.4, 0.5) is 10.1 Å². The molecule has 0 bridgehead atoms. The molecule has 1 unspecified atom stereocenters. The molecule has 1 heterocycles. The number of hydrogen-bond donors (Lipinski definition) is 1. The third kappa shape index (κ3) is 2.29. The Morgan fingerprint density at radius 3 is 2.94 bits per heavy atom. The van der Waals surface area contributed by atoms with Crippen LogP contribution in [-0.2, 0) is 0 Å². The molecule has 17 heavy (non-hydrogen) atoms. The lowest BCUT2D eigenvalue weighted by atomic mass is 10.0. The van der Waals surface area contributed by atoms with E-state index in [9.17, 15) is 9.50 Å². The third-order valence-electron chi connectivity index (χ3n) is 3.61. The first kappa shape index (κ1) is 12.4. The summed E-state index contributed by atoms with van der Waals surface area (Å²) in [5.74, 6) is -0.306. The normalized spacial score (nSPS) is 21.9. The maximum atomic E-state index is 13.8. The van der Waals surface area contributed by atoms with Crippen LogP contribution in [0.3, 0.4) is 0 Å². The number of aliphatic hydroxyl groups excluding tert-OH is 1. The minimum absolute atomic E-state index is 0.306. The highest BCUT2D eigenvalue weighted by atomic mass is 19.1. The average molecular weight is 237 g/mol. The molecule has 1 aromatic rings. The summed E-state index contributed by atoms with van der Waals surface area (Å²) in [6.07, 6.45) is 2.61. The van der Waals surface area contributed by atoms with Crippen molar-refractivity contribution < 1.29 is 9.50 Å². The largest absolute Gasteiger partial charge is 0.389 e. The summed E-state index contributed by atoms with van der Waals surface area (Å²) in [7, 11) is 0. The van der Waals surface area contributed by atoms with Gasteiger partial charge in [0.2, 0.25) is 0 Å². The van der Waals surface area contributed by atoms with E-state index in [-0.39, 0.29) is 5.82 Å². The summed E-state index contributed by atoms with van der Waals surface area (Å²) in [5.41, 5.74) is 1.30. The van der Waals surface area contributed by atoms with Crippen molar-refractivity contribution in [2.75, 3.05) is 11.4 Å². The van der Waals surface area contributed by atoms with Gasteiger partial charge in [-0.25, -0.2) is 4.39 Å². The van der Waals surface area contributed by atoms with Crippen molar-refractivity contribution in [2.45, 2.75) is 45.3 Å². The van der Waals surface area contributed by atoms with Crippen LogP contribution in [0.1, 0.15) is 44.8 Å². The zero-order valence-electron chi connectivity index (χ0n) is 10.5. The Morgan fingerprint density at radius 2 is 2.29 bits per heavy atom. The molecule has 0 aromatic heterocycles. The van der Waals surface area contributed by atoms with Gasteiger partial charge in [-0.1, -0.05) is 13.0 Å². The lowest BCUT2D eigenvalue weighted by Gasteiger charge is -2.29. The molecule has 1 saturated heterocycles. The molecule has 0 amide bonds. The second-order valence-corrected chi connectivity index (χ2v) is 4.75. The molecule has 2 nitrogen and oxygen atoms in total. The first-order valence-corrected chi connectivity index (χ1v) is 6.38. The zero-order valence-corrected chi connectivity index (χ0v) is 10.5. The van der Waals surface area contributed by atoms with Crippen molar-refractivity contribution in [3.05, 3.63) is 29.6 Å². The molecule has 0 saturated carbocycles. The van der Waals surface area contributed by atoms with Crippen LogP contribution in [0.25, 0.3) is 0 Å². The van der Waals surface area contributed by atoms with E-state index in [1.165, 1.54) is 6.07 Å². The highest BCUT2D eigenvalue weighted by molar-refractivity contribution is 5.56. The molecule has 1 aliphatic heterocycles. The van der Waals surface area contributed by atoms with Crippen molar-refractivity contribution in [3.8, 4) is 0 Å². The maximum absolute atomic E-state index is 13.8. The van der Waals surface area contributed by atoms with Crippen molar-refractivity contribution in [1.29, 1.82) is 0 Å². The van der Waals surface area contributed by atoms with Gasteiger partial charge in [-0.05, 0) is 38.3 Å². The molecule has 0 spiro atoms. The van der Waals surface area contributed by atoms with Gasteiger partial charge in [-0.3, -0.25) is 0 Å². The molecule has 0 radical (unpaired) electrons. The number of rotatable bonds is 3. The van der Waals surface area contributed by atoms with E-state index < -0.39 is 6.10 Å². The Morgan fingerprint density at radius 1 is 1.53 bits per heavy atom. The van der Waals surface area contributed by atoms with Crippen LogP contribution in [0, 0.1) is 5.82 Å². The minimum Gasteiger partial charge on any atom is -0.389 e. The van der Waals surface area contributed by atoms with Crippen molar-refractivity contribution in [1.82, 2.24) is 0 Å². The van der Waals surface area contributed by atoms with Crippen molar-refractivity contribution in [2.24, 2.45) is 0 Å². The van der Waals surface area contributed by atoms with Gasteiger partial charge < -0.3 is 10.0 Å². The molecular weight excluding hydrogens is 217 g/mol. The van der Waals surface area contributed by atoms with Gasteiger partial charge in [-0.15, -0.1) is 0 Å². The van der Waals surface area contributed by atoms with Crippen LogP contribution in [0.15, 0.2) is 18.2 Å². The van der Waals surface area contributed by atoms with Gasteiger partial charge in [0.05, 0.1) is 6.10 Å². The number of benzene rings is 1. The predicted molar refractivity (Wildman–Crippen MR) is 67.7 cm³/mol. The highest BCUT2D eigenvalue weighted by Gasteiger charge is 2.27. The van der Waals surface area contributed by atoms with E-state index in [0.717, 1.165) is 31.5 Å². The second kappa shape index (κ2) is 5.05. The van der Waals surface area contributed by atoms with E-state index in [4.69, 9.17) is 0 Å². The van der Waals surface area contributed by atoms with Gasteiger partial charge in [-0.2, -0.15) is 0 Å². The quantitative estimate of drug-likeness (QED) is 0.872. The lowest BCUT2D eigenvalue weighted by molar-refractivity contribution is 0.194. The Labute approximate surface area is 102 Å². The Bertz CT molecular complexity index is 392. The third-order valence-corrected chi connectivity index (χ3v) is 3.61. The number of hydrogen-bond acceptors (Lipinski definition) is 2. The number of anilines is 1. The maximum Gasteiger partial charge on any atom is 0.131 e. The van der Waals surface area contributed by atoms with Crippen LogP contribution in [0.5, 0.6) is 0 Å². The summed E-state index contributed by atoms with van der Waals surface area (Å²) < 4.78 is 13.8. The smallest absolute Gasteiger partial charge is 0.131 e. The molecule has 2 rings (SSSR count). The number of aliphatic hydroxyl groups is 1. The van der Waals surface area contributed by atoms with Gasteiger partial charge in [0, 0.05) is 23.8 Å². The molecule has 0 aliphatic carbocycles. The van der Waals surface area contributed by atoms with Crippen LogP contribution in [0.2, 0.25) is 0 Å². The molecule has 2 atom stereocenters. The van der Waals surface area contributed by atoms with Crippen molar-refractivity contribution in [3.63, 3.8) is 0 Å². The van der Waals surface area contributed by atoms with E-state index in [0.29, 0.717) is 11.6 Å². The fraction of sp³-hybridized carbons (Fsp3) is 0.571. The SMILES string of the molecule is CCC1CCCN1c1cccc(F)c1[C@H](C)O. The topological polar surface area (TPSA) is 23.5 Å². The van der Waals surface area contributed by atoms with Crippen LogP contribution < -0.4 is 4.90 Å². The Kier molecular flexibility index (Phi) is 3.67. The molecule has 1 aromatic carbocycles. The average Bonchev–Trinajstić information content (AvgIpc) is 2.75. The van der Waals surface area contributed by atoms with E-state index in [2.05, 4.69) is 11.8 Å². The summed E-state index contributed by atoms with van der Waals surface area (Å²) >= 11 is 0. The standard InChI is InChI=1S/C14H20FNO/c1-3-11-6-5-9-16(11)13-8-4-7-12(15)14(13)10(2)17/h4,7-8,10-11,17H,3,5-6,9H2,1-2H3/t10-,11?/m0/s1. The van der Waals surface area contributed by atoms with E-state index >= 15 is 0 Å². The van der Waals surface area contributed by atoms with Crippen molar-refractivity contribution >= 4 is 5.69 Å². The van der Waals surface area contributed by atoms with Gasteiger partial charge in [0.1, 0.15) is 5.82 Å². The van der Waals surface area contributed by atoms with Gasteiger partial charge >= 0.3 is 0 Å². The molecular formula is C14H20FNO. The van der Waals surface area contributed by atoms with E-state index in [1.54, 1.807) is 13.0 Å². The van der Waals surface area contributed by atoms with E-state index in [1.807, 2.05) is 6.07 Å². The Balaban J connectivity index is 2.40. The summed E-state index contributed by atoms with van der Waals surface area (Å²) in [5, 5.41) is 9.74. The molecule has 1 fully saturated rings. The fourth-order valence-corrected chi connectivity index (χ4v) is 2.77. The minimum atomic E-state index is -0.760. The molecule has 1 N–H and O–H groups in total. The predicted octanol–water partition coefficient (Wildman–Crippen LogP) is 3.26. The number of halogens is 1.